The van der Waals surface area contributed by atoms with Gasteiger partial charge in [-0.15, -0.1) is 0 Å². The molecule has 176 valence electrons. The van der Waals surface area contributed by atoms with Crippen molar-refractivity contribution in [3.05, 3.63) is 107 Å². The summed E-state index contributed by atoms with van der Waals surface area (Å²) in [5.41, 5.74) is 3.97. The van der Waals surface area contributed by atoms with E-state index in [0.29, 0.717) is 23.8 Å². The summed E-state index contributed by atoms with van der Waals surface area (Å²) in [6.07, 6.45) is -1.53. The number of alkyl halides is 3. The lowest BCUT2D eigenvalue weighted by molar-refractivity contribution is -0.137. The first-order valence-corrected chi connectivity index (χ1v) is 11.3. The molecule has 0 unspecified atom stereocenters. The maximum Gasteiger partial charge on any atom is 0.416 e. The molecule has 34 heavy (non-hydrogen) atoms. The predicted octanol–water partition coefficient (Wildman–Crippen LogP) is 8.03. The van der Waals surface area contributed by atoms with Gasteiger partial charge in [0.05, 0.1) is 5.56 Å². The zero-order valence-corrected chi connectivity index (χ0v) is 19.0. The number of rotatable bonds is 8. The number of halogens is 4. The Labute approximate surface area is 197 Å². The zero-order chi connectivity index (χ0) is 24.1. The Morgan fingerprint density at radius 3 is 2.03 bits per heavy atom. The summed E-state index contributed by atoms with van der Waals surface area (Å²) in [4.78, 5) is 0. The SMILES string of the molecule is COCCCc1ccc(-c2ccc3c(F)c(CCc4ccc(C(F)(F)F)cc4)ccc3c2)cc1. The Balaban J connectivity index is 1.47. The van der Waals surface area contributed by atoms with Gasteiger partial charge < -0.3 is 4.74 Å². The minimum atomic E-state index is -4.35. The highest BCUT2D eigenvalue weighted by Gasteiger charge is 2.29. The smallest absolute Gasteiger partial charge is 0.385 e. The molecule has 0 heterocycles. The van der Waals surface area contributed by atoms with Crippen LogP contribution in [0.5, 0.6) is 0 Å². The van der Waals surface area contributed by atoms with Crippen molar-refractivity contribution >= 4 is 10.8 Å². The molecule has 0 saturated carbocycles. The minimum absolute atomic E-state index is 0.274. The second kappa shape index (κ2) is 10.4. The van der Waals surface area contributed by atoms with Crippen molar-refractivity contribution in [3.8, 4) is 11.1 Å². The van der Waals surface area contributed by atoms with Crippen LogP contribution in [0.25, 0.3) is 21.9 Å². The number of hydrogen-bond acceptors (Lipinski definition) is 1. The van der Waals surface area contributed by atoms with Gasteiger partial charge in [-0.1, -0.05) is 60.7 Å². The number of methoxy groups -OCH3 is 1. The van der Waals surface area contributed by atoms with Crippen molar-refractivity contribution in [2.75, 3.05) is 13.7 Å². The molecule has 0 aromatic heterocycles. The quantitative estimate of drug-likeness (QED) is 0.189. The molecular formula is C29H26F4O. The van der Waals surface area contributed by atoms with Crippen molar-refractivity contribution in [2.24, 2.45) is 0 Å². The van der Waals surface area contributed by atoms with E-state index < -0.39 is 11.7 Å². The van der Waals surface area contributed by atoms with Crippen LogP contribution in [0, 0.1) is 5.82 Å². The second-order valence-electron chi connectivity index (χ2n) is 8.46. The van der Waals surface area contributed by atoms with E-state index in [1.54, 1.807) is 19.2 Å². The molecule has 0 aliphatic rings. The van der Waals surface area contributed by atoms with Crippen LogP contribution in [0.2, 0.25) is 0 Å². The topological polar surface area (TPSA) is 9.23 Å². The Hall–Kier alpha value is -3.18. The summed E-state index contributed by atoms with van der Waals surface area (Å²) in [6.45, 7) is 0.740. The second-order valence-corrected chi connectivity index (χ2v) is 8.46. The van der Waals surface area contributed by atoms with Crippen LogP contribution in [0.3, 0.4) is 0 Å². The molecule has 4 aromatic carbocycles. The molecule has 0 N–H and O–H groups in total. The van der Waals surface area contributed by atoms with E-state index in [9.17, 15) is 13.2 Å². The van der Waals surface area contributed by atoms with E-state index in [-0.39, 0.29) is 5.82 Å². The Morgan fingerprint density at radius 2 is 1.35 bits per heavy atom. The van der Waals surface area contributed by atoms with Crippen molar-refractivity contribution in [3.63, 3.8) is 0 Å². The van der Waals surface area contributed by atoms with Gasteiger partial charge in [0, 0.05) is 19.1 Å². The van der Waals surface area contributed by atoms with E-state index >= 15 is 4.39 Å². The molecule has 0 aliphatic heterocycles. The fourth-order valence-electron chi connectivity index (χ4n) is 4.13. The molecule has 0 bridgehead atoms. The minimum Gasteiger partial charge on any atom is -0.385 e. The molecule has 4 aromatic rings. The maximum absolute atomic E-state index is 15.2. The van der Waals surface area contributed by atoms with Crippen LogP contribution in [0.1, 0.15) is 28.7 Å². The number of fused-ring (bicyclic) bond motifs is 1. The summed E-state index contributed by atoms with van der Waals surface area (Å²) < 4.78 is 58.5. The van der Waals surface area contributed by atoms with Crippen LogP contribution in [-0.4, -0.2) is 13.7 Å². The summed E-state index contributed by atoms with van der Waals surface area (Å²) in [6, 6.07) is 22.8. The molecule has 0 atom stereocenters. The third kappa shape index (κ3) is 5.65. The summed E-state index contributed by atoms with van der Waals surface area (Å²) in [5.74, 6) is -0.274. The van der Waals surface area contributed by atoms with Crippen LogP contribution < -0.4 is 0 Å². The molecule has 0 amide bonds. The Bertz CT molecular complexity index is 1240. The van der Waals surface area contributed by atoms with Crippen molar-refractivity contribution in [1.82, 2.24) is 0 Å². The van der Waals surface area contributed by atoms with Crippen LogP contribution in [0.4, 0.5) is 17.6 Å². The van der Waals surface area contributed by atoms with Crippen LogP contribution in [0.15, 0.2) is 78.9 Å². The highest BCUT2D eigenvalue weighted by molar-refractivity contribution is 5.88. The molecular weight excluding hydrogens is 440 g/mol. The normalized spacial score (nSPS) is 11.8. The number of aryl methyl sites for hydroxylation is 3. The molecule has 0 aliphatic carbocycles. The molecule has 0 spiro atoms. The summed E-state index contributed by atoms with van der Waals surface area (Å²) in [5, 5.41) is 1.36. The summed E-state index contributed by atoms with van der Waals surface area (Å²) >= 11 is 0. The van der Waals surface area contributed by atoms with Crippen LogP contribution >= 0.6 is 0 Å². The van der Waals surface area contributed by atoms with E-state index in [0.717, 1.165) is 53.7 Å². The lowest BCUT2D eigenvalue weighted by atomic mass is 9.96. The number of hydrogen-bond donors (Lipinski definition) is 0. The average molecular weight is 467 g/mol. The first-order valence-electron chi connectivity index (χ1n) is 11.3. The van der Waals surface area contributed by atoms with Gasteiger partial charge in [0.15, 0.2) is 0 Å². The van der Waals surface area contributed by atoms with E-state index in [4.69, 9.17) is 4.74 Å². The van der Waals surface area contributed by atoms with Gasteiger partial charge in [-0.3, -0.25) is 0 Å². The van der Waals surface area contributed by atoms with Crippen LogP contribution in [-0.2, 0) is 30.2 Å². The first kappa shape index (κ1) is 24.0. The highest BCUT2D eigenvalue weighted by Crippen LogP contribution is 2.30. The maximum atomic E-state index is 15.2. The van der Waals surface area contributed by atoms with Gasteiger partial charge in [-0.2, -0.15) is 13.2 Å². The van der Waals surface area contributed by atoms with E-state index in [1.165, 1.54) is 17.7 Å². The van der Waals surface area contributed by atoms with Gasteiger partial charge in [0.1, 0.15) is 5.82 Å². The lowest BCUT2D eigenvalue weighted by Gasteiger charge is -2.10. The third-order valence-corrected chi connectivity index (χ3v) is 6.10. The number of ether oxygens (including phenoxy) is 1. The van der Waals surface area contributed by atoms with Gasteiger partial charge in [0.2, 0.25) is 0 Å². The van der Waals surface area contributed by atoms with Gasteiger partial charge >= 0.3 is 6.18 Å². The fraction of sp³-hybridized carbons (Fsp3) is 0.241. The highest BCUT2D eigenvalue weighted by atomic mass is 19.4. The zero-order valence-electron chi connectivity index (χ0n) is 19.0. The summed E-state index contributed by atoms with van der Waals surface area (Å²) in [7, 11) is 1.70. The van der Waals surface area contributed by atoms with Gasteiger partial charge in [-0.05, 0) is 77.1 Å². The molecule has 0 saturated heterocycles. The van der Waals surface area contributed by atoms with Crippen molar-refractivity contribution in [1.29, 1.82) is 0 Å². The van der Waals surface area contributed by atoms with E-state index in [2.05, 4.69) is 24.3 Å². The lowest BCUT2D eigenvalue weighted by Crippen LogP contribution is -2.04. The standard InChI is InChI=1S/C29H26F4O/c1-34-18-2-3-20-4-9-22(10-5-20)24-14-17-27-25(19-24)13-12-23(28(27)30)11-6-21-7-15-26(16-8-21)29(31,32)33/h4-5,7-10,12-17,19H,2-3,6,11,18H2,1H3. The molecule has 1 nitrogen and oxygen atoms in total. The average Bonchev–Trinajstić information content (AvgIpc) is 2.84. The monoisotopic (exact) mass is 466 g/mol. The number of benzene rings is 4. The molecule has 4 rings (SSSR count). The molecule has 0 radical (unpaired) electrons. The van der Waals surface area contributed by atoms with Gasteiger partial charge in [-0.25, -0.2) is 4.39 Å². The predicted molar refractivity (Wildman–Crippen MR) is 128 cm³/mol. The Morgan fingerprint density at radius 1 is 0.706 bits per heavy atom. The van der Waals surface area contributed by atoms with Crippen molar-refractivity contribution in [2.45, 2.75) is 31.9 Å². The van der Waals surface area contributed by atoms with Crippen molar-refractivity contribution < 1.29 is 22.3 Å². The van der Waals surface area contributed by atoms with Gasteiger partial charge in [0.25, 0.3) is 0 Å². The fourth-order valence-corrected chi connectivity index (χ4v) is 4.13. The molecule has 5 heteroatoms. The Kier molecular flexibility index (Phi) is 7.32. The third-order valence-electron chi connectivity index (χ3n) is 6.10. The van der Waals surface area contributed by atoms with E-state index in [1.807, 2.05) is 18.2 Å². The first-order chi connectivity index (χ1) is 16.3. The molecule has 0 fully saturated rings. The largest absolute Gasteiger partial charge is 0.416 e.